The molecule has 3 heteroatoms. The van der Waals surface area contributed by atoms with Gasteiger partial charge in [0, 0.05) is 5.56 Å². The molecule has 2 rings (SSSR count). The Bertz CT molecular complexity index is 463. The summed E-state index contributed by atoms with van der Waals surface area (Å²) in [4.78, 5) is 14.6. The van der Waals surface area contributed by atoms with Crippen molar-refractivity contribution in [3.05, 3.63) is 35.4 Å². The predicted molar refractivity (Wildman–Crippen MR) is 81.1 cm³/mol. The van der Waals surface area contributed by atoms with Crippen LogP contribution in [0.4, 0.5) is 0 Å². The van der Waals surface area contributed by atoms with Gasteiger partial charge in [0.1, 0.15) is 0 Å². The number of hydrogen-bond donors (Lipinski definition) is 0. The van der Waals surface area contributed by atoms with Crippen LogP contribution >= 0.6 is 0 Å². The molecular weight excluding hydrogens is 250 g/mol. The molecule has 2 unspecified atom stereocenters. The summed E-state index contributed by atoms with van der Waals surface area (Å²) in [7, 11) is 0. The van der Waals surface area contributed by atoms with Crippen molar-refractivity contribution in [2.24, 2.45) is 0 Å². The van der Waals surface area contributed by atoms with E-state index in [2.05, 4.69) is 32.9 Å². The molecule has 0 saturated carbocycles. The average molecular weight is 275 g/mol. The van der Waals surface area contributed by atoms with Crippen LogP contribution in [0.2, 0.25) is 0 Å². The van der Waals surface area contributed by atoms with Crippen LogP contribution in [0.25, 0.3) is 0 Å². The van der Waals surface area contributed by atoms with Crippen LogP contribution < -0.4 is 0 Å². The Hall–Kier alpha value is -1.35. The first-order valence-electron chi connectivity index (χ1n) is 7.31. The molecular formula is C17H25NO2. The zero-order chi connectivity index (χ0) is 14.9. The van der Waals surface area contributed by atoms with Crippen LogP contribution in [0.1, 0.15) is 50.5 Å². The van der Waals surface area contributed by atoms with Gasteiger partial charge in [-0.15, -0.1) is 0 Å². The minimum Gasteiger partial charge on any atom is -0.377 e. The van der Waals surface area contributed by atoms with Gasteiger partial charge in [0.25, 0.3) is 5.91 Å². The van der Waals surface area contributed by atoms with E-state index in [1.54, 1.807) is 0 Å². The van der Waals surface area contributed by atoms with E-state index in [-0.39, 0.29) is 23.4 Å². The van der Waals surface area contributed by atoms with Gasteiger partial charge in [-0.2, -0.15) is 0 Å². The molecule has 1 aliphatic rings. The third-order valence-corrected chi connectivity index (χ3v) is 3.90. The summed E-state index contributed by atoms with van der Waals surface area (Å²) in [5.41, 5.74) is 2.12. The fourth-order valence-electron chi connectivity index (χ4n) is 2.67. The van der Waals surface area contributed by atoms with Gasteiger partial charge in [-0.3, -0.25) is 4.79 Å². The van der Waals surface area contributed by atoms with Crippen molar-refractivity contribution in [1.29, 1.82) is 0 Å². The molecule has 2 atom stereocenters. The zero-order valence-electron chi connectivity index (χ0n) is 13.1. The first-order valence-corrected chi connectivity index (χ1v) is 7.31. The molecule has 1 aromatic rings. The smallest absolute Gasteiger partial charge is 0.254 e. The molecule has 0 radical (unpaired) electrons. The molecule has 0 aromatic heterocycles. The van der Waals surface area contributed by atoms with Gasteiger partial charge in [-0.25, -0.2) is 0 Å². The topological polar surface area (TPSA) is 29.5 Å². The van der Waals surface area contributed by atoms with Gasteiger partial charge in [-0.1, -0.05) is 32.9 Å². The Balaban J connectivity index is 2.20. The first kappa shape index (κ1) is 15.0. The lowest BCUT2D eigenvalue weighted by Crippen LogP contribution is -2.52. The Morgan fingerprint density at radius 2 is 1.60 bits per heavy atom. The van der Waals surface area contributed by atoms with E-state index in [9.17, 15) is 4.79 Å². The zero-order valence-corrected chi connectivity index (χ0v) is 13.1. The second kappa shape index (κ2) is 5.57. The monoisotopic (exact) mass is 275 g/mol. The van der Waals surface area contributed by atoms with Crippen molar-refractivity contribution in [3.63, 3.8) is 0 Å². The Morgan fingerprint density at radius 1 is 1.10 bits per heavy atom. The number of ether oxygens (including phenoxy) is 1. The standard InChI is InChI=1S/C17H25NO2/c1-12-10-20-11-13(2)18(12)16(19)14-6-8-15(9-7-14)17(3,4)5/h6-9,12-13H,10-11H2,1-5H3. The van der Waals surface area contributed by atoms with Crippen molar-refractivity contribution < 1.29 is 9.53 Å². The molecule has 20 heavy (non-hydrogen) atoms. The molecule has 1 heterocycles. The van der Waals surface area contributed by atoms with E-state index < -0.39 is 0 Å². The molecule has 0 spiro atoms. The molecule has 0 N–H and O–H groups in total. The van der Waals surface area contributed by atoms with Gasteiger partial charge >= 0.3 is 0 Å². The lowest BCUT2D eigenvalue weighted by molar-refractivity contribution is -0.0249. The maximum absolute atomic E-state index is 12.7. The number of hydrogen-bond acceptors (Lipinski definition) is 2. The predicted octanol–water partition coefficient (Wildman–Crippen LogP) is 3.23. The summed E-state index contributed by atoms with van der Waals surface area (Å²) in [6, 6.07) is 8.27. The van der Waals surface area contributed by atoms with Gasteiger partial charge in [0.2, 0.25) is 0 Å². The van der Waals surface area contributed by atoms with Crippen LogP contribution in [-0.4, -0.2) is 36.1 Å². The summed E-state index contributed by atoms with van der Waals surface area (Å²) in [6.07, 6.45) is 0. The van der Waals surface area contributed by atoms with Crippen molar-refractivity contribution in [2.45, 2.75) is 52.1 Å². The third kappa shape index (κ3) is 3.04. The fraction of sp³-hybridized carbons (Fsp3) is 0.588. The number of carbonyl (C=O) groups excluding carboxylic acids is 1. The SMILES string of the molecule is CC1COCC(C)N1C(=O)c1ccc(C(C)(C)C)cc1. The van der Waals surface area contributed by atoms with E-state index in [1.165, 1.54) is 5.56 Å². The van der Waals surface area contributed by atoms with Crippen LogP contribution in [0.3, 0.4) is 0 Å². The maximum Gasteiger partial charge on any atom is 0.254 e. The Kier molecular flexibility index (Phi) is 4.19. The van der Waals surface area contributed by atoms with Gasteiger partial charge in [-0.05, 0) is 37.0 Å². The van der Waals surface area contributed by atoms with E-state index in [0.717, 1.165) is 5.56 Å². The normalized spacial score (nSPS) is 23.8. The summed E-state index contributed by atoms with van der Waals surface area (Å²) in [5.74, 6) is 0.105. The summed E-state index contributed by atoms with van der Waals surface area (Å²) < 4.78 is 5.48. The van der Waals surface area contributed by atoms with E-state index in [1.807, 2.05) is 30.9 Å². The van der Waals surface area contributed by atoms with Crippen LogP contribution in [0, 0.1) is 0 Å². The summed E-state index contributed by atoms with van der Waals surface area (Å²) in [6.45, 7) is 11.8. The van der Waals surface area contributed by atoms with E-state index in [0.29, 0.717) is 13.2 Å². The highest BCUT2D eigenvalue weighted by atomic mass is 16.5. The lowest BCUT2D eigenvalue weighted by Gasteiger charge is -2.38. The van der Waals surface area contributed by atoms with Crippen molar-refractivity contribution in [1.82, 2.24) is 4.90 Å². The number of rotatable bonds is 1. The minimum atomic E-state index is 0.105. The molecule has 0 aliphatic carbocycles. The molecule has 3 nitrogen and oxygen atoms in total. The molecule has 110 valence electrons. The molecule has 1 amide bonds. The molecule has 1 fully saturated rings. The largest absolute Gasteiger partial charge is 0.377 e. The van der Waals surface area contributed by atoms with Gasteiger partial charge in [0.15, 0.2) is 0 Å². The van der Waals surface area contributed by atoms with Gasteiger partial charge in [0.05, 0.1) is 25.3 Å². The summed E-state index contributed by atoms with van der Waals surface area (Å²) in [5, 5.41) is 0. The lowest BCUT2D eigenvalue weighted by atomic mass is 9.86. The summed E-state index contributed by atoms with van der Waals surface area (Å²) >= 11 is 0. The van der Waals surface area contributed by atoms with Crippen molar-refractivity contribution in [3.8, 4) is 0 Å². The number of carbonyl (C=O) groups is 1. The van der Waals surface area contributed by atoms with Gasteiger partial charge < -0.3 is 9.64 Å². The van der Waals surface area contributed by atoms with E-state index in [4.69, 9.17) is 4.74 Å². The fourth-order valence-corrected chi connectivity index (χ4v) is 2.67. The second-order valence-electron chi connectivity index (χ2n) is 6.78. The number of nitrogens with zero attached hydrogens (tertiary/aromatic N) is 1. The number of benzene rings is 1. The molecule has 1 aliphatic heterocycles. The molecule has 0 bridgehead atoms. The number of amides is 1. The average Bonchev–Trinajstić information content (AvgIpc) is 2.37. The van der Waals surface area contributed by atoms with Crippen molar-refractivity contribution >= 4 is 5.91 Å². The minimum absolute atomic E-state index is 0.105. The van der Waals surface area contributed by atoms with Crippen LogP contribution in [0.5, 0.6) is 0 Å². The highest BCUT2D eigenvalue weighted by Crippen LogP contribution is 2.23. The molecule has 1 saturated heterocycles. The Morgan fingerprint density at radius 3 is 2.05 bits per heavy atom. The first-order chi connectivity index (χ1) is 9.30. The van der Waals surface area contributed by atoms with Crippen molar-refractivity contribution in [2.75, 3.05) is 13.2 Å². The molecule has 1 aromatic carbocycles. The van der Waals surface area contributed by atoms with E-state index >= 15 is 0 Å². The second-order valence-corrected chi connectivity index (χ2v) is 6.78. The maximum atomic E-state index is 12.7. The Labute approximate surface area is 121 Å². The quantitative estimate of drug-likeness (QED) is 0.787. The third-order valence-electron chi connectivity index (χ3n) is 3.90. The van der Waals surface area contributed by atoms with Crippen LogP contribution in [-0.2, 0) is 10.2 Å². The van der Waals surface area contributed by atoms with Crippen LogP contribution in [0.15, 0.2) is 24.3 Å². The highest BCUT2D eigenvalue weighted by molar-refractivity contribution is 5.94. The highest BCUT2D eigenvalue weighted by Gasteiger charge is 2.30. The number of morpholine rings is 1.